The van der Waals surface area contributed by atoms with Crippen molar-refractivity contribution in [1.82, 2.24) is 20.9 Å². The Bertz CT molecular complexity index is 959. The minimum Gasteiger partial charge on any atom is -0.334 e. The van der Waals surface area contributed by atoms with Gasteiger partial charge in [0.05, 0.1) is 6.54 Å². The zero-order valence-electron chi connectivity index (χ0n) is 21.7. The van der Waals surface area contributed by atoms with Crippen LogP contribution in [0.25, 0.3) is 0 Å². The second kappa shape index (κ2) is 9.34. The minimum absolute atomic E-state index is 0.0720. The third kappa shape index (κ3) is 5.79. The van der Waals surface area contributed by atoms with Crippen molar-refractivity contribution in [2.75, 3.05) is 6.54 Å². The molecule has 4 unspecified atom stereocenters. The molecule has 0 spiro atoms. The average molecular weight is 491 g/mol. The molecule has 8 heteroatoms. The number of nitrogens with one attached hydrogen (secondary N) is 3. The molecular formula is C27H40F2N4O2. The number of urea groups is 1. The molecular weight excluding hydrogens is 450 g/mol. The number of amides is 3. The van der Waals surface area contributed by atoms with E-state index in [-0.39, 0.29) is 35.1 Å². The van der Waals surface area contributed by atoms with E-state index in [1.807, 2.05) is 20.8 Å². The van der Waals surface area contributed by atoms with Crippen molar-refractivity contribution in [3.63, 3.8) is 0 Å². The van der Waals surface area contributed by atoms with Gasteiger partial charge in [-0.1, -0.05) is 13.8 Å². The molecule has 2 bridgehead atoms. The lowest BCUT2D eigenvalue weighted by Crippen LogP contribution is -2.66. The van der Waals surface area contributed by atoms with Crippen LogP contribution in [0.3, 0.4) is 0 Å². The Morgan fingerprint density at radius 2 is 1.71 bits per heavy atom. The molecule has 4 rings (SSSR count). The van der Waals surface area contributed by atoms with Crippen molar-refractivity contribution in [3.05, 3.63) is 34.9 Å². The number of carbonyl (C=O) groups is 2. The summed E-state index contributed by atoms with van der Waals surface area (Å²) in [5.74, 6) is -0.808. The highest BCUT2D eigenvalue weighted by Gasteiger charge is 2.51. The third-order valence-electron chi connectivity index (χ3n) is 7.99. The van der Waals surface area contributed by atoms with Crippen molar-refractivity contribution in [1.29, 1.82) is 0 Å². The molecule has 3 N–H and O–H groups in total. The Kier molecular flexibility index (Phi) is 6.90. The summed E-state index contributed by atoms with van der Waals surface area (Å²) in [6.07, 6.45) is 5.62. The number of hydrogen-bond donors (Lipinski definition) is 3. The maximum Gasteiger partial charge on any atom is 0.315 e. The lowest BCUT2D eigenvalue weighted by molar-refractivity contribution is -0.131. The fourth-order valence-corrected chi connectivity index (χ4v) is 6.83. The summed E-state index contributed by atoms with van der Waals surface area (Å²) in [6, 6.07) is 2.25. The van der Waals surface area contributed by atoms with Gasteiger partial charge in [-0.2, -0.15) is 0 Å². The van der Waals surface area contributed by atoms with Crippen LogP contribution in [0, 0.1) is 23.5 Å². The van der Waals surface area contributed by atoms with Gasteiger partial charge >= 0.3 is 6.03 Å². The molecule has 35 heavy (non-hydrogen) atoms. The van der Waals surface area contributed by atoms with E-state index in [1.165, 1.54) is 12.1 Å². The lowest BCUT2D eigenvalue weighted by Gasteiger charge is -2.56. The van der Waals surface area contributed by atoms with Gasteiger partial charge in [0.25, 0.3) is 0 Å². The molecule has 1 aliphatic heterocycles. The minimum atomic E-state index is -0.876. The maximum absolute atomic E-state index is 13.6. The molecule has 1 heterocycles. The van der Waals surface area contributed by atoms with Gasteiger partial charge in [-0.3, -0.25) is 4.79 Å². The highest BCUT2D eigenvalue weighted by Crippen LogP contribution is 2.50. The largest absolute Gasteiger partial charge is 0.334 e. The van der Waals surface area contributed by atoms with Crippen molar-refractivity contribution in [2.45, 2.75) is 103 Å². The quantitative estimate of drug-likeness (QED) is 0.564. The molecule has 2 aliphatic carbocycles. The number of nitrogens with zero attached hydrogens (tertiary/aromatic N) is 1. The molecule has 3 aliphatic rings. The molecule has 1 aromatic carbocycles. The summed E-state index contributed by atoms with van der Waals surface area (Å²) in [5.41, 5.74) is 0.455. The van der Waals surface area contributed by atoms with E-state index in [4.69, 9.17) is 0 Å². The van der Waals surface area contributed by atoms with Crippen molar-refractivity contribution >= 4 is 11.9 Å². The summed E-state index contributed by atoms with van der Waals surface area (Å²) in [6.45, 7) is 11.1. The van der Waals surface area contributed by atoms with E-state index in [2.05, 4.69) is 29.8 Å². The number of benzene rings is 1. The second-order valence-electron chi connectivity index (χ2n) is 12.4. The topological polar surface area (TPSA) is 73.5 Å². The van der Waals surface area contributed by atoms with E-state index >= 15 is 0 Å². The van der Waals surface area contributed by atoms with Gasteiger partial charge in [0, 0.05) is 29.7 Å². The van der Waals surface area contributed by atoms with Crippen LogP contribution in [0.1, 0.15) is 84.3 Å². The van der Waals surface area contributed by atoms with E-state index < -0.39 is 11.6 Å². The van der Waals surface area contributed by atoms with Gasteiger partial charge in [0.15, 0.2) is 11.6 Å². The van der Waals surface area contributed by atoms with E-state index in [9.17, 15) is 18.4 Å². The van der Waals surface area contributed by atoms with E-state index in [1.54, 1.807) is 4.90 Å². The van der Waals surface area contributed by atoms with Crippen LogP contribution >= 0.6 is 0 Å². The normalized spacial score (nSPS) is 30.1. The van der Waals surface area contributed by atoms with E-state index in [0.29, 0.717) is 36.1 Å². The molecule has 0 aromatic heterocycles. The first kappa shape index (κ1) is 25.9. The monoisotopic (exact) mass is 490 g/mol. The van der Waals surface area contributed by atoms with Gasteiger partial charge in [0.2, 0.25) is 5.91 Å². The Labute approximate surface area is 207 Å². The average Bonchev–Trinajstić information content (AvgIpc) is 3.12. The number of rotatable bonds is 5. The predicted octanol–water partition coefficient (Wildman–Crippen LogP) is 4.61. The van der Waals surface area contributed by atoms with Crippen LogP contribution in [0.15, 0.2) is 12.1 Å². The third-order valence-corrected chi connectivity index (χ3v) is 7.99. The zero-order valence-corrected chi connectivity index (χ0v) is 21.7. The standard InChI is InChI=1S/C27H40F2N4O2/c1-6-26(32-24(35)31-25(3,4)5)11-18-7-17(2)10-27(12-18,16-26)30-13-23(34)33-14-19-8-21(28)22(29)9-20(19)15-33/h8-9,17-18,30H,6-7,10-16H2,1-5H3,(H2,31,32,35). The summed E-state index contributed by atoms with van der Waals surface area (Å²) >= 11 is 0. The van der Waals surface area contributed by atoms with Crippen LogP contribution in [0.2, 0.25) is 0 Å². The fourth-order valence-electron chi connectivity index (χ4n) is 6.83. The lowest BCUT2D eigenvalue weighted by atomic mass is 9.57. The maximum atomic E-state index is 13.6. The van der Waals surface area contributed by atoms with E-state index in [0.717, 1.165) is 38.5 Å². The van der Waals surface area contributed by atoms with Crippen LogP contribution < -0.4 is 16.0 Å². The Morgan fingerprint density at radius 1 is 1.09 bits per heavy atom. The number of halogens is 2. The SMILES string of the molecule is CCC1(NC(=O)NC(C)(C)C)CC2CC(C)CC(NCC(=O)N3Cc4cc(F)c(F)cc4C3)(C2)C1. The van der Waals surface area contributed by atoms with Crippen molar-refractivity contribution in [3.8, 4) is 0 Å². The Morgan fingerprint density at radius 3 is 2.29 bits per heavy atom. The second-order valence-corrected chi connectivity index (χ2v) is 12.4. The molecule has 2 fully saturated rings. The zero-order chi connectivity index (χ0) is 25.6. The summed E-state index contributed by atoms with van der Waals surface area (Å²) < 4.78 is 27.3. The van der Waals surface area contributed by atoms with Crippen LogP contribution in [0.5, 0.6) is 0 Å². The van der Waals surface area contributed by atoms with Gasteiger partial charge in [-0.15, -0.1) is 0 Å². The summed E-state index contributed by atoms with van der Waals surface area (Å²) in [4.78, 5) is 27.6. The molecule has 0 radical (unpaired) electrons. The molecule has 4 atom stereocenters. The highest BCUT2D eigenvalue weighted by atomic mass is 19.2. The van der Waals surface area contributed by atoms with Gasteiger partial charge < -0.3 is 20.9 Å². The number of fused-ring (bicyclic) bond motifs is 3. The molecule has 6 nitrogen and oxygen atoms in total. The van der Waals surface area contributed by atoms with Gasteiger partial charge in [-0.25, -0.2) is 13.6 Å². The Hall–Kier alpha value is -2.22. The van der Waals surface area contributed by atoms with Crippen molar-refractivity contribution in [2.24, 2.45) is 11.8 Å². The molecule has 3 amide bonds. The van der Waals surface area contributed by atoms with Gasteiger partial charge in [-0.05, 0) is 94.4 Å². The first-order valence-corrected chi connectivity index (χ1v) is 12.9. The summed E-state index contributed by atoms with van der Waals surface area (Å²) in [7, 11) is 0. The van der Waals surface area contributed by atoms with Crippen molar-refractivity contribution < 1.29 is 18.4 Å². The van der Waals surface area contributed by atoms with Crippen LogP contribution in [-0.4, -0.2) is 40.0 Å². The highest BCUT2D eigenvalue weighted by molar-refractivity contribution is 5.79. The molecule has 194 valence electrons. The summed E-state index contributed by atoms with van der Waals surface area (Å²) in [5, 5.41) is 9.97. The van der Waals surface area contributed by atoms with Crippen LogP contribution in [-0.2, 0) is 17.9 Å². The molecule has 0 saturated heterocycles. The number of hydrogen-bond acceptors (Lipinski definition) is 3. The van der Waals surface area contributed by atoms with Gasteiger partial charge in [0.1, 0.15) is 0 Å². The fraction of sp³-hybridized carbons (Fsp3) is 0.704. The molecule has 2 saturated carbocycles. The first-order chi connectivity index (χ1) is 16.3. The number of carbonyl (C=O) groups excluding carboxylic acids is 2. The Balaban J connectivity index is 1.45. The first-order valence-electron chi connectivity index (χ1n) is 12.9. The van der Waals surface area contributed by atoms with Crippen LogP contribution in [0.4, 0.5) is 13.6 Å². The molecule has 1 aromatic rings. The predicted molar refractivity (Wildman–Crippen MR) is 132 cm³/mol. The smallest absolute Gasteiger partial charge is 0.315 e.